The van der Waals surface area contributed by atoms with E-state index in [0.29, 0.717) is 12.1 Å². The largest absolute Gasteiger partial charge is 0.469 e. The number of carbonyl (C=O) groups excluding carboxylic acids is 1. The van der Waals surface area contributed by atoms with Gasteiger partial charge < -0.3 is 10.1 Å². The van der Waals surface area contributed by atoms with Crippen LogP contribution in [0.4, 0.5) is 0 Å². The van der Waals surface area contributed by atoms with Gasteiger partial charge in [-0.3, -0.25) is 4.79 Å². The van der Waals surface area contributed by atoms with Gasteiger partial charge in [0, 0.05) is 15.3 Å². The molecule has 2 aromatic rings. The van der Waals surface area contributed by atoms with Gasteiger partial charge in [-0.05, 0) is 11.1 Å². The highest BCUT2D eigenvalue weighted by molar-refractivity contribution is 5.70. The van der Waals surface area contributed by atoms with Crippen LogP contribution in [0.15, 0.2) is 60.7 Å². The summed E-state index contributed by atoms with van der Waals surface area (Å²) in [5.41, 5.74) is 1.72. The number of esters is 1. The van der Waals surface area contributed by atoms with Crippen molar-refractivity contribution in [3.63, 3.8) is 0 Å². The van der Waals surface area contributed by atoms with Crippen molar-refractivity contribution in [2.24, 2.45) is 0 Å². The Labute approximate surface area is 122 Å². The third kappa shape index (κ3) is 4.21. The maximum absolute atomic E-state index is 11.8. The van der Waals surface area contributed by atoms with Crippen molar-refractivity contribution in [3.8, 4) is 0 Å². The van der Waals surface area contributed by atoms with E-state index in [1.807, 2.05) is 48.5 Å². The van der Waals surface area contributed by atoms with Gasteiger partial charge in [-0.25, -0.2) is 0 Å². The van der Waals surface area contributed by atoms with E-state index in [1.54, 1.807) is 12.1 Å². The highest BCUT2D eigenvalue weighted by Gasteiger charge is 2.15. The molecule has 1 N–H and O–H groups in total. The number of nitrogens with one attached hydrogen (secondary N) is 1. The van der Waals surface area contributed by atoms with E-state index in [2.05, 4.69) is 10.1 Å². The molecule has 20 heavy (non-hydrogen) atoms. The summed E-state index contributed by atoms with van der Waals surface area (Å²) < 4.78 is 20.9. The predicted molar refractivity (Wildman–Crippen MR) is 79.1 cm³/mol. The van der Waals surface area contributed by atoms with E-state index < -0.39 is 18.4 Å². The van der Waals surface area contributed by atoms with Crippen LogP contribution in [0.2, 0.25) is 0 Å². The highest BCUT2D eigenvalue weighted by Crippen LogP contribution is 2.17. The first-order chi connectivity index (χ1) is 10.6. The Bertz CT molecular complexity index is 603. The summed E-state index contributed by atoms with van der Waals surface area (Å²) >= 11 is 0. The molecule has 3 heteroatoms. The number of carbonyl (C=O) groups is 1. The van der Waals surface area contributed by atoms with Crippen molar-refractivity contribution >= 4 is 5.97 Å². The Morgan fingerprint density at radius 3 is 2.35 bits per heavy atom. The average molecular weight is 271 g/mol. The van der Waals surface area contributed by atoms with Gasteiger partial charge in [0.1, 0.15) is 0 Å². The molecule has 0 saturated heterocycles. The lowest BCUT2D eigenvalue weighted by atomic mass is 10.0. The fourth-order valence-electron chi connectivity index (χ4n) is 1.89. The first-order valence-corrected chi connectivity index (χ1v) is 6.46. The molecular weight excluding hydrogens is 250 g/mol. The monoisotopic (exact) mass is 271 g/mol. The van der Waals surface area contributed by atoms with Crippen molar-refractivity contribution in [1.29, 1.82) is 0 Å². The van der Waals surface area contributed by atoms with Crippen molar-refractivity contribution < 1.29 is 12.3 Å². The minimum absolute atomic E-state index is 0.455. The Balaban J connectivity index is 2.24. The molecule has 0 aliphatic carbocycles. The van der Waals surface area contributed by atoms with Crippen molar-refractivity contribution in [1.82, 2.24) is 5.32 Å². The molecule has 2 rings (SSSR count). The number of ether oxygens (including phenoxy) is 1. The van der Waals surface area contributed by atoms with Gasteiger partial charge in [0.05, 0.1) is 13.5 Å². The van der Waals surface area contributed by atoms with Gasteiger partial charge in [-0.15, -0.1) is 0 Å². The summed E-state index contributed by atoms with van der Waals surface area (Å²) in [6.45, 7) is 0.455. The molecule has 0 spiro atoms. The average Bonchev–Trinajstić information content (AvgIpc) is 2.56. The summed E-state index contributed by atoms with van der Waals surface area (Å²) in [4.78, 5) is 11.8. The van der Waals surface area contributed by atoms with Crippen LogP contribution < -0.4 is 5.32 Å². The molecule has 2 aromatic carbocycles. The van der Waals surface area contributed by atoms with Crippen molar-refractivity contribution in [2.75, 3.05) is 7.11 Å². The molecule has 0 radical (unpaired) electrons. The maximum Gasteiger partial charge on any atom is 0.307 e. The van der Waals surface area contributed by atoms with Gasteiger partial charge in [0.2, 0.25) is 0 Å². The second kappa shape index (κ2) is 7.46. The Hall–Kier alpha value is -2.13. The molecule has 3 nitrogen and oxygen atoms in total. The maximum atomic E-state index is 11.8. The summed E-state index contributed by atoms with van der Waals surface area (Å²) in [7, 11) is 1.19. The third-order valence-electron chi connectivity index (χ3n) is 2.93. The van der Waals surface area contributed by atoms with Crippen LogP contribution in [0.5, 0.6) is 0 Å². The van der Waals surface area contributed by atoms with Gasteiger partial charge in [0.15, 0.2) is 0 Å². The first kappa shape index (κ1) is 11.7. The lowest BCUT2D eigenvalue weighted by Crippen LogP contribution is -2.24. The molecule has 0 aromatic heterocycles. The molecule has 0 aliphatic rings. The molecule has 1 atom stereocenters. The zero-order valence-electron chi connectivity index (χ0n) is 13.4. The standard InChI is InChI=1S/C17H19NO2/c1-20-17(19)12-16(15-10-6-3-7-11-15)18-13-14-8-4-2-5-9-14/h2-11,16,18H,12-13H2,1H3/i12D2. The summed E-state index contributed by atoms with van der Waals surface area (Å²) in [6.07, 6.45) is -2.16. The number of methoxy groups -OCH3 is 1. The quantitative estimate of drug-likeness (QED) is 0.821. The summed E-state index contributed by atoms with van der Waals surface area (Å²) in [5.74, 6) is -0.887. The molecule has 0 saturated carbocycles. The second-order valence-electron chi connectivity index (χ2n) is 4.35. The molecule has 0 heterocycles. The zero-order chi connectivity index (χ0) is 16.0. The van der Waals surface area contributed by atoms with Crippen LogP contribution in [0, 0.1) is 0 Å². The van der Waals surface area contributed by atoms with Crippen LogP contribution in [-0.4, -0.2) is 13.1 Å². The van der Waals surface area contributed by atoms with Crippen LogP contribution in [-0.2, 0) is 16.1 Å². The molecule has 0 aliphatic heterocycles. The van der Waals surface area contributed by atoms with E-state index in [1.165, 1.54) is 7.11 Å². The number of hydrogen-bond acceptors (Lipinski definition) is 3. The number of rotatable bonds is 6. The van der Waals surface area contributed by atoms with E-state index in [9.17, 15) is 4.79 Å². The SMILES string of the molecule is [2H]C([2H])(C(=O)OC)C(NCc1ccccc1)c1ccccc1. The zero-order valence-corrected chi connectivity index (χ0v) is 11.4. The fraction of sp³-hybridized carbons (Fsp3) is 0.235. The van der Waals surface area contributed by atoms with Crippen LogP contribution in [0.3, 0.4) is 0 Å². The fourth-order valence-corrected chi connectivity index (χ4v) is 1.89. The summed E-state index contributed by atoms with van der Waals surface area (Å²) in [6, 6.07) is 17.9. The highest BCUT2D eigenvalue weighted by atomic mass is 16.5. The van der Waals surface area contributed by atoms with E-state index >= 15 is 0 Å². The van der Waals surface area contributed by atoms with Gasteiger partial charge in [-0.2, -0.15) is 0 Å². The molecule has 1 unspecified atom stereocenters. The molecule has 104 valence electrons. The van der Waals surface area contributed by atoms with Crippen molar-refractivity contribution in [3.05, 3.63) is 71.8 Å². The van der Waals surface area contributed by atoms with E-state index in [4.69, 9.17) is 2.74 Å². The normalized spacial score (nSPS) is 14.1. The Kier molecular flexibility index (Phi) is 4.35. The third-order valence-corrected chi connectivity index (χ3v) is 2.93. The summed E-state index contributed by atoms with van der Waals surface area (Å²) in [5, 5.41) is 3.13. The topological polar surface area (TPSA) is 38.3 Å². The molecular formula is C17H19NO2. The lowest BCUT2D eigenvalue weighted by Gasteiger charge is -2.18. The van der Waals surface area contributed by atoms with E-state index in [0.717, 1.165) is 5.56 Å². The van der Waals surface area contributed by atoms with Gasteiger partial charge in [-0.1, -0.05) is 60.7 Å². The smallest absolute Gasteiger partial charge is 0.307 e. The Morgan fingerprint density at radius 1 is 1.15 bits per heavy atom. The minimum Gasteiger partial charge on any atom is -0.469 e. The molecule has 0 fully saturated rings. The number of hydrogen-bond donors (Lipinski definition) is 1. The van der Waals surface area contributed by atoms with Gasteiger partial charge >= 0.3 is 5.97 Å². The van der Waals surface area contributed by atoms with Crippen LogP contribution >= 0.6 is 0 Å². The van der Waals surface area contributed by atoms with E-state index in [-0.39, 0.29) is 0 Å². The number of benzene rings is 2. The van der Waals surface area contributed by atoms with Gasteiger partial charge in [0.25, 0.3) is 0 Å². The van der Waals surface area contributed by atoms with Crippen LogP contribution in [0.1, 0.15) is 26.3 Å². The lowest BCUT2D eigenvalue weighted by molar-refractivity contribution is -0.141. The second-order valence-corrected chi connectivity index (χ2v) is 4.35. The Morgan fingerprint density at radius 2 is 1.75 bits per heavy atom. The predicted octanol–water partition coefficient (Wildman–Crippen LogP) is 3.08. The first-order valence-electron chi connectivity index (χ1n) is 7.46. The minimum atomic E-state index is -2.16. The van der Waals surface area contributed by atoms with Crippen molar-refractivity contribution in [2.45, 2.75) is 19.0 Å². The van der Waals surface area contributed by atoms with Crippen LogP contribution in [0.25, 0.3) is 0 Å². The molecule has 0 bridgehead atoms. The molecule has 0 amide bonds.